The highest BCUT2D eigenvalue weighted by molar-refractivity contribution is 6.98. The first-order chi connectivity index (χ1) is 20.2. The Morgan fingerprint density at radius 1 is 0.488 bits per heavy atom. The number of hydrogen-bond donors (Lipinski definition) is 0. The lowest BCUT2D eigenvalue weighted by molar-refractivity contribution is 0.622. The first kappa shape index (κ1) is 29.6. The average molecular weight is 581 g/mol. The number of benzene rings is 4. The number of allylic oxidation sites excluding steroid dienone is 2. The predicted octanol–water partition coefficient (Wildman–Crippen LogP) is 12.0. The van der Waals surface area contributed by atoms with Crippen molar-refractivity contribution in [3.05, 3.63) is 128 Å². The van der Waals surface area contributed by atoms with Crippen LogP contribution in [0.5, 0.6) is 0 Å². The van der Waals surface area contributed by atoms with Crippen LogP contribution >= 0.6 is 0 Å². The van der Waals surface area contributed by atoms with Crippen molar-refractivity contribution in [3.63, 3.8) is 0 Å². The van der Waals surface area contributed by atoms with E-state index in [4.69, 9.17) is 0 Å². The standard InChI is InChI=1S/C42H48Si/c1-27-17-19-29(3)37(21-27)35-15-11-13-31-23-33(25-39(31)35)43(41(5,6)7,42(8,9)10)34-24-32-14-12-16-36(40(32)26-34)38-22-28(2)18-20-30(38)4/h11-22,25-26H,23-24H2,1-10H3. The lowest BCUT2D eigenvalue weighted by Crippen LogP contribution is -2.56. The molecular weight excluding hydrogens is 533 g/mol. The fourth-order valence-electron chi connectivity index (χ4n) is 9.00. The van der Waals surface area contributed by atoms with E-state index < -0.39 is 8.07 Å². The van der Waals surface area contributed by atoms with E-state index in [-0.39, 0.29) is 10.1 Å². The highest BCUT2D eigenvalue weighted by Crippen LogP contribution is 2.62. The van der Waals surface area contributed by atoms with Gasteiger partial charge in [0.1, 0.15) is 8.07 Å². The zero-order valence-corrected chi connectivity index (χ0v) is 29.0. The lowest BCUT2D eigenvalue weighted by Gasteiger charge is -2.54. The van der Waals surface area contributed by atoms with Crippen LogP contribution in [-0.2, 0) is 12.8 Å². The molecule has 0 N–H and O–H groups in total. The molecule has 0 fully saturated rings. The molecule has 2 aliphatic carbocycles. The fraction of sp³-hybridized carbons (Fsp3) is 0.333. The van der Waals surface area contributed by atoms with Crippen molar-refractivity contribution in [1.82, 2.24) is 0 Å². The van der Waals surface area contributed by atoms with Crippen LogP contribution in [0.3, 0.4) is 0 Å². The molecule has 220 valence electrons. The summed E-state index contributed by atoms with van der Waals surface area (Å²) in [6.07, 6.45) is 7.44. The van der Waals surface area contributed by atoms with Crippen LogP contribution < -0.4 is 0 Å². The molecule has 6 rings (SSSR count). The number of rotatable bonds is 4. The molecule has 0 heterocycles. The van der Waals surface area contributed by atoms with Gasteiger partial charge in [0.25, 0.3) is 0 Å². The molecule has 0 amide bonds. The molecule has 0 spiro atoms. The SMILES string of the molecule is Cc1ccc(C)c(-c2cccc3c2C=C([Si](C2=Cc4c(cccc4-c4cc(C)ccc4C)C2)(C(C)(C)C)C(C)(C)C)C3)c1. The van der Waals surface area contributed by atoms with Crippen molar-refractivity contribution in [3.8, 4) is 22.3 Å². The van der Waals surface area contributed by atoms with Gasteiger partial charge >= 0.3 is 0 Å². The Balaban J connectivity index is 1.57. The van der Waals surface area contributed by atoms with Crippen molar-refractivity contribution in [2.75, 3.05) is 0 Å². The summed E-state index contributed by atoms with van der Waals surface area (Å²) in [6, 6.07) is 27.8. The highest BCUT2D eigenvalue weighted by atomic mass is 28.3. The average Bonchev–Trinajstić information content (AvgIpc) is 3.55. The number of fused-ring (bicyclic) bond motifs is 2. The molecule has 0 nitrogen and oxygen atoms in total. The molecule has 0 aromatic heterocycles. The van der Waals surface area contributed by atoms with E-state index in [1.54, 1.807) is 10.4 Å². The predicted molar refractivity (Wildman–Crippen MR) is 191 cm³/mol. The van der Waals surface area contributed by atoms with Gasteiger partial charge in [0.15, 0.2) is 0 Å². The monoisotopic (exact) mass is 580 g/mol. The van der Waals surface area contributed by atoms with Crippen molar-refractivity contribution in [2.24, 2.45) is 0 Å². The first-order valence-electron chi connectivity index (χ1n) is 16.0. The molecule has 0 bridgehead atoms. The Morgan fingerprint density at radius 2 is 0.884 bits per heavy atom. The third kappa shape index (κ3) is 4.72. The Morgan fingerprint density at radius 3 is 1.26 bits per heavy atom. The van der Waals surface area contributed by atoms with Crippen molar-refractivity contribution in [2.45, 2.75) is 92.2 Å². The summed E-state index contributed by atoms with van der Waals surface area (Å²) in [6.45, 7) is 24.2. The minimum atomic E-state index is -2.30. The quantitative estimate of drug-likeness (QED) is 0.211. The maximum absolute atomic E-state index is 2.66. The van der Waals surface area contributed by atoms with Crippen LogP contribution in [0.15, 0.2) is 83.2 Å². The summed E-state index contributed by atoms with van der Waals surface area (Å²) in [5.74, 6) is 0. The second kappa shape index (κ2) is 10.3. The molecular formula is C42H48Si. The molecule has 43 heavy (non-hydrogen) atoms. The van der Waals surface area contributed by atoms with Gasteiger partial charge in [0.2, 0.25) is 0 Å². The van der Waals surface area contributed by atoms with Crippen LogP contribution in [0.4, 0.5) is 0 Å². The van der Waals surface area contributed by atoms with Gasteiger partial charge in [-0.15, -0.1) is 0 Å². The van der Waals surface area contributed by atoms with Gasteiger partial charge < -0.3 is 0 Å². The second-order valence-corrected chi connectivity index (χ2v) is 21.1. The summed E-state index contributed by atoms with van der Waals surface area (Å²) in [4.78, 5) is 0. The Bertz CT molecular complexity index is 1680. The van der Waals surface area contributed by atoms with Gasteiger partial charge in [-0.2, -0.15) is 0 Å². The molecule has 4 aromatic carbocycles. The molecule has 2 aliphatic rings. The van der Waals surface area contributed by atoms with E-state index in [0.717, 1.165) is 12.8 Å². The highest BCUT2D eigenvalue weighted by Gasteiger charge is 2.58. The van der Waals surface area contributed by atoms with E-state index in [2.05, 4.69) is 154 Å². The third-order valence-corrected chi connectivity index (χ3v) is 17.4. The number of hydrogen-bond acceptors (Lipinski definition) is 0. The van der Waals surface area contributed by atoms with Crippen LogP contribution in [0.1, 0.15) is 86.1 Å². The smallest absolute Gasteiger partial charge is 0.0699 e. The van der Waals surface area contributed by atoms with Crippen LogP contribution in [-0.4, -0.2) is 8.07 Å². The maximum Gasteiger partial charge on any atom is 0.120 e. The first-order valence-corrected chi connectivity index (χ1v) is 18.0. The molecule has 0 aliphatic heterocycles. The van der Waals surface area contributed by atoms with Gasteiger partial charge in [-0.25, -0.2) is 0 Å². The van der Waals surface area contributed by atoms with E-state index >= 15 is 0 Å². The lowest BCUT2D eigenvalue weighted by atomic mass is 9.93. The second-order valence-electron chi connectivity index (χ2n) is 15.3. The van der Waals surface area contributed by atoms with E-state index in [9.17, 15) is 0 Å². The molecule has 1 heteroatoms. The Hall–Kier alpha value is -3.42. The van der Waals surface area contributed by atoms with Crippen LogP contribution in [0.2, 0.25) is 10.1 Å². The van der Waals surface area contributed by atoms with Crippen LogP contribution in [0, 0.1) is 27.7 Å². The minimum absolute atomic E-state index is 0.145. The van der Waals surface area contributed by atoms with Gasteiger partial charge in [-0.3, -0.25) is 0 Å². The van der Waals surface area contributed by atoms with Gasteiger partial charge in [0.05, 0.1) is 0 Å². The molecule has 0 unspecified atom stereocenters. The van der Waals surface area contributed by atoms with Gasteiger partial charge in [-0.1, -0.05) is 148 Å². The molecule has 0 saturated heterocycles. The van der Waals surface area contributed by atoms with Crippen molar-refractivity contribution < 1.29 is 0 Å². The Labute approximate surface area is 261 Å². The molecule has 0 radical (unpaired) electrons. The van der Waals surface area contributed by atoms with Crippen molar-refractivity contribution in [1.29, 1.82) is 0 Å². The van der Waals surface area contributed by atoms with Crippen LogP contribution in [0.25, 0.3) is 34.4 Å². The summed E-state index contributed by atoms with van der Waals surface area (Å²) < 4.78 is 0. The van der Waals surface area contributed by atoms with E-state index in [0.29, 0.717) is 0 Å². The third-order valence-electron chi connectivity index (χ3n) is 10.4. The maximum atomic E-state index is 2.66. The summed E-state index contributed by atoms with van der Waals surface area (Å²) in [5.41, 5.74) is 16.7. The molecule has 4 aromatic rings. The Kier molecular flexibility index (Phi) is 7.13. The van der Waals surface area contributed by atoms with E-state index in [1.807, 2.05) is 0 Å². The summed E-state index contributed by atoms with van der Waals surface area (Å²) in [5, 5.41) is 3.69. The molecule has 0 saturated carbocycles. The normalized spacial score (nSPS) is 14.8. The van der Waals surface area contributed by atoms with Gasteiger partial charge in [-0.05, 0) is 106 Å². The van der Waals surface area contributed by atoms with Crippen molar-refractivity contribution >= 4 is 20.2 Å². The number of aryl methyl sites for hydroxylation is 4. The minimum Gasteiger partial charge on any atom is -0.0699 e. The van der Waals surface area contributed by atoms with Gasteiger partial charge in [0, 0.05) is 0 Å². The molecule has 0 atom stereocenters. The topological polar surface area (TPSA) is 0 Å². The summed E-state index contributed by atoms with van der Waals surface area (Å²) in [7, 11) is -2.30. The zero-order chi connectivity index (χ0) is 30.9. The zero-order valence-electron chi connectivity index (χ0n) is 28.0. The largest absolute Gasteiger partial charge is 0.120 e. The van der Waals surface area contributed by atoms with E-state index in [1.165, 1.54) is 66.8 Å². The summed E-state index contributed by atoms with van der Waals surface area (Å²) >= 11 is 0. The fourth-order valence-corrected chi connectivity index (χ4v) is 17.1.